The molecule has 0 saturated carbocycles. The molecule has 0 heterocycles. The third-order valence-electron chi connectivity index (χ3n) is 5.97. The van der Waals surface area contributed by atoms with Crippen LogP contribution in [0.3, 0.4) is 0 Å². The van der Waals surface area contributed by atoms with Gasteiger partial charge in [-0.25, -0.2) is 0 Å². The maximum atomic E-state index is 12.8. The third-order valence-corrected chi connectivity index (χ3v) is 5.97. The Morgan fingerprint density at radius 3 is 1.47 bits per heavy atom. The van der Waals surface area contributed by atoms with E-state index in [0.717, 1.165) is 22.3 Å². The number of rotatable bonds is 5. The number of hydrogen-bond acceptors (Lipinski definition) is 4. The molecule has 0 amide bonds. The molecule has 0 aromatic heterocycles. The second kappa shape index (κ2) is 9.39. The molecule has 0 aliphatic heterocycles. The monoisotopic (exact) mass is 430 g/mol. The number of aryl methyl sites for hydroxylation is 1. The van der Waals surface area contributed by atoms with Crippen molar-refractivity contribution in [3.63, 3.8) is 0 Å². The van der Waals surface area contributed by atoms with Crippen molar-refractivity contribution in [3.8, 4) is 11.5 Å². The Bertz CT molecular complexity index is 1180. The Balaban J connectivity index is 2.44. The molecule has 3 aromatic rings. The van der Waals surface area contributed by atoms with Crippen LogP contribution in [-0.4, -0.2) is 10.2 Å². The maximum absolute atomic E-state index is 12.8. The SMILES string of the molecule is Cc1ccccc1C(c1ccc(C(C)C)cc(=O)c1O)c1ccc(C(C)C)cc(=O)c1O. The van der Waals surface area contributed by atoms with Crippen molar-refractivity contribution >= 4 is 0 Å². The van der Waals surface area contributed by atoms with Crippen molar-refractivity contribution in [2.24, 2.45) is 0 Å². The fourth-order valence-electron chi connectivity index (χ4n) is 3.95. The van der Waals surface area contributed by atoms with Gasteiger partial charge < -0.3 is 10.2 Å². The summed E-state index contributed by atoms with van der Waals surface area (Å²) in [4.78, 5) is 25.6. The Morgan fingerprint density at radius 1 is 0.625 bits per heavy atom. The van der Waals surface area contributed by atoms with Gasteiger partial charge in [-0.15, -0.1) is 0 Å². The van der Waals surface area contributed by atoms with E-state index in [0.29, 0.717) is 11.1 Å². The summed E-state index contributed by atoms with van der Waals surface area (Å²) >= 11 is 0. The van der Waals surface area contributed by atoms with Gasteiger partial charge in [0.2, 0.25) is 10.9 Å². The number of hydrogen-bond donors (Lipinski definition) is 2. The van der Waals surface area contributed by atoms with E-state index in [1.54, 1.807) is 12.1 Å². The molecule has 3 rings (SSSR count). The highest BCUT2D eigenvalue weighted by atomic mass is 16.3. The average molecular weight is 431 g/mol. The van der Waals surface area contributed by atoms with Gasteiger partial charge in [0.05, 0.1) is 0 Å². The van der Waals surface area contributed by atoms with Crippen molar-refractivity contribution in [1.82, 2.24) is 0 Å². The van der Waals surface area contributed by atoms with Crippen LogP contribution in [0.25, 0.3) is 0 Å². The minimum atomic E-state index is -0.698. The van der Waals surface area contributed by atoms with E-state index in [2.05, 4.69) is 0 Å². The van der Waals surface area contributed by atoms with Crippen LogP contribution < -0.4 is 10.9 Å². The molecule has 3 aromatic carbocycles. The molecular weight excluding hydrogens is 400 g/mol. The fraction of sp³-hybridized carbons (Fsp3) is 0.286. The van der Waals surface area contributed by atoms with Crippen molar-refractivity contribution in [2.45, 2.75) is 52.4 Å². The van der Waals surface area contributed by atoms with Gasteiger partial charge in [-0.3, -0.25) is 9.59 Å². The molecule has 0 aliphatic rings. The lowest BCUT2D eigenvalue weighted by molar-refractivity contribution is 0.454. The minimum absolute atomic E-state index is 0.101. The molecule has 4 heteroatoms. The minimum Gasteiger partial charge on any atom is -0.504 e. The highest BCUT2D eigenvalue weighted by Crippen LogP contribution is 2.39. The van der Waals surface area contributed by atoms with E-state index in [1.165, 1.54) is 12.1 Å². The normalized spacial score (nSPS) is 11.4. The van der Waals surface area contributed by atoms with Crippen molar-refractivity contribution in [1.29, 1.82) is 0 Å². The molecule has 0 atom stereocenters. The van der Waals surface area contributed by atoms with Crippen molar-refractivity contribution < 1.29 is 10.2 Å². The Labute approximate surface area is 188 Å². The van der Waals surface area contributed by atoms with Crippen LogP contribution in [0.15, 0.2) is 70.3 Å². The van der Waals surface area contributed by atoms with Crippen LogP contribution in [-0.2, 0) is 0 Å². The molecule has 0 saturated heterocycles. The van der Waals surface area contributed by atoms with Gasteiger partial charge in [0.25, 0.3) is 0 Å². The Hall–Kier alpha value is -3.40. The summed E-state index contributed by atoms with van der Waals surface area (Å²) in [6.45, 7) is 9.83. The zero-order valence-electron chi connectivity index (χ0n) is 19.2. The maximum Gasteiger partial charge on any atom is 0.220 e. The topological polar surface area (TPSA) is 74.6 Å². The van der Waals surface area contributed by atoms with Crippen LogP contribution in [0.2, 0.25) is 0 Å². The second-order valence-electron chi connectivity index (χ2n) is 8.89. The van der Waals surface area contributed by atoms with Gasteiger partial charge in [-0.05, 0) is 53.1 Å². The Morgan fingerprint density at radius 2 is 1.06 bits per heavy atom. The van der Waals surface area contributed by atoms with E-state index in [1.807, 2.05) is 71.0 Å². The van der Waals surface area contributed by atoms with Gasteiger partial charge in [0.1, 0.15) is 0 Å². The molecule has 0 spiro atoms. The van der Waals surface area contributed by atoms with Gasteiger partial charge >= 0.3 is 0 Å². The molecule has 0 unspecified atom stereocenters. The van der Waals surface area contributed by atoms with Crippen LogP contribution in [0.5, 0.6) is 11.5 Å². The lowest BCUT2D eigenvalue weighted by atomic mass is 9.83. The molecule has 0 radical (unpaired) electrons. The molecular formula is C28H30O4. The average Bonchev–Trinajstić information content (AvgIpc) is 2.98. The van der Waals surface area contributed by atoms with Gasteiger partial charge in [-0.2, -0.15) is 0 Å². The van der Waals surface area contributed by atoms with E-state index in [9.17, 15) is 19.8 Å². The lowest BCUT2D eigenvalue weighted by Gasteiger charge is -2.20. The molecule has 32 heavy (non-hydrogen) atoms. The molecule has 0 aliphatic carbocycles. The van der Waals surface area contributed by atoms with Crippen LogP contribution in [0.1, 0.15) is 78.8 Å². The van der Waals surface area contributed by atoms with Crippen molar-refractivity contribution in [2.75, 3.05) is 0 Å². The summed E-state index contributed by atoms with van der Waals surface area (Å²) in [5.41, 5.74) is 3.04. The van der Waals surface area contributed by atoms with Gasteiger partial charge in [0.15, 0.2) is 11.5 Å². The third kappa shape index (κ3) is 4.59. The smallest absolute Gasteiger partial charge is 0.220 e. The number of benzene rings is 1. The fourth-order valence-corrected chi connectivity index (χ4v) is 3.95. The molecule has 166 valence electrons. The largest absolute Gasteiger partial charge is 0.504 e. The second-order valence-corrected chi connectivity index (χ2v) is 8.89. The van der Waals surface area contributed by atoms with Crippen LogP contribution >= 0.6 is 0 Å². The predicted molar refractivity (Wildman–Crippen MR) is 129 cm³/mol. The highest BCUT2D eigenvalue weighted by Gasteiger charge is 2.26. The molecule has 4 nitrogen and oxygen atoms in total. The lowest BCUT2D eigenvalue weighted by Crippen LogP contribution is -2.10. The van der Waals surface area contributed by atoms with Gasteiger partial charge in [-0.1, -0.05) is 76.2 Å². The van der Waals surface area contributed by atoms with Gasteiger partial charge in [0, 0.05) is 17.0 Å². The number of aromatic hydroxyl groups is 2. The zero-order valence-corrected chi connectivity index (χ0v) is 19.2. The summed E-state index contributed by atoms with van der Waals surface area (Å²) in [5, 5.41) is 21.9. The standard InChI is InChI=1S/C28H30O4/c1-16(2)19-10-12-22(27(31)24(29)14-19)26(21-9-7-6-8-18(21)5)23-13-11-20(17(3)4)15-25(30)28(23)32/h6-17,26H,1-5H3,(H,29,31)(H,30,32). The summed E-state index contributed by atoms with van der Waals surface area (Å²) in [5.74, 6) is -1.26. The molecule has 2 N–H and O–H groups in total. The van der Waals surface area contributed by atoms with E-state index >= 15 is 0 Å². The zero-order chi connectivity index (χ0) is 23.6. The summed E-state index contributed by atoms with van der Waals surface area (Å²) < 4.78 is 0. The summed E-state index contributed by atoms with van der Waals surface area (Å²) in [6.07, 6.45) is 0. The highest BCUT2D eigenvalue weighted by molar-refractivity contribution is 5.54. The van der Waals surface area contributed by atoms with Crippen molar-refractivity contribution in [3.05, 3.63) is 114 Å². The first kappa shape index (κ1) is 23.3. The van der Waals surface area contributed by atoms with Crippen LogP contribution in [0.4, 0.5) is 0 Å². The van der Waals surface area contributed by atoms with E-state index in [-0.39, 0.29) is 23.3 Å². The molecule has 0 fully saturated rings. The van der Waals surface area contributed by atoms with Crippen LogP contribution in [0, 0.1) is 6.92 Å². The van der Waals surface area contributed by atoms with E-state index < -0.39 is 16.8 Å². The summed E-state index contributed by atoms with van der Waals surface area (Å²) in [6, 6.07) is 17.6. The predicted octanol–water partition coefficient (Wildman–Crippen LogP) is 5.55. The Kier molecular flexibility index (Phi) is 6.83. The first-order valence-electron chi connectivity index (χ1n) is 10.9. The first-order chi connectivity index (χ1) is 15.1. The summed E-state index contributed by atoms with van der Waals surface area (Å²) in [7, 11) is 0. The first-order valence-corrected chi connectivity index (χ1v) is 10.9. The molecule has 0 bridgehead atoms. The quantitative estimate of drug-likeness (QED) is 0.556. The van der Waals surface area contributed by atoms with E-state index in [4.69, 9.17) is 0 Å².